The van der Waals surface area contributed by atoms with Gasteiger partial charge in [-0.15, -0.1) is 0 Å². The minimum Gasteiger partial charge on any atom is -0.389 e. The molecule has 3 rings (SSSR count). The van der Waals surface area contributed by atoms with Gasteiger partial charge in [0.05, 0.1) is 30.6 Å². The minimum atomic E-state index is -0.643. The number of carbonyl (C=O) groups excluding carboxylic acids is 1. The van der Waals surface area contributed by atoms with Gasteiger partial charge in [0.2, 0.25) is 5.95 Å². The lowest BCUT2D eigenvalue weighted by Crippen LogP contribution is -2.38. The highest BCUT2D eigenvalue weighted by Crippen LogP contribution is 2.18. The van der Waals surface area contributed by atoms with E-state index in [1.807, 2.05) is 6.92 Å². The van der Waals surface area contributed by atoms with E-state index in [4.69, 9.17) is 4.74 Å². The Labute approximate surface area is 136 Å². The van der Waals surface area contributed by atoms with Gasteiger partial charge in [-0.3, -0.25) is 4.79 Å². The number of aromatic nitrogens is 2. The maximum atomic E-state index is 12.7. The first-order chi connectivity index (χ1) is 11.1. The van der Waals surface area contributed by atoms with E-state index in [9.17, 15) is 9.90 Å². The number of hydrogen-bond acceptors (Lipinski definition) is 6. The molecule has 0 saturated carbocycles. The molecule has 7 nitrogen and oxygen atoms in total. The van der Waals surface area contributed by atoms with Crippen LogP contribution in [0.5, 0.6) is 0 Å². The molecule has 1 unspecified atom stereocenters. The molecule has 1 N–H and O–H groups in total. The van der Waals surface area contributed by atoms with Gasteiger partial charge in [-0.25, -0.2) is 9.97 Å². The van der Waals surface area contributed by atoms with Crippen LogP contribution < -0.4 is 4.90 Å². The lowest BCUT2D eigenvalue weighted by atomic mass is 10.1. The first-order valence-electron chi connectivity index (χ1n) is 8.29. The van der Waals surface area contributed by atoms with Gasteiger partial charge < -0.3 is 19.6 Å². The summed E-state index contributed by atoms with van der Waals surface area (Å²) in [6, 6.07) is 0. The molecule has 1 amide bonds. The molecule has 1 aromatic rings. The Kier molecular flexibility index (Phi) is 5.07. The summed E-state index contributed by atoms with van der Waals surface area (Å²) in [5.41, 5.74) is 1.19. The van der Waals surface area contributed by atoms with Gasteiger partial charge in [0.25, 0.3) is 5.91 Å². The van der Waals surface area contributed by atoms with E-state index in [1.54, 1.807) is 11.1 Å². The van der Waals surface area contributed by atoms with E-state index >= 15 is 0 Å². The second-order valence-corrected chi connectivity index (χ2v) is 6.20. The van der Waals surface area contributed by atoms with Gasteiger partial charge in [0, 0.05) is 32.4 Å². The lowest BCUT2D eigenvalue weighted by molar-refractivity contribution is 0.0534. The second kappa shape index (κ2) is 7.23. The summed E-state index contributed by atoms with van der Waals surface area (Å²) >= 11 is 0. The van der Waals surface area contributed by atoms with E-state index in [-0.39, 0.29) is 19.1 Å². The average molecular weight is 320 g/mol. The first-order valence-corrected chi connectivity index (χ1v) is 8.29. The molecule has 1 aromatic heterocycles. The van der Waals surface area contributed by atoms with Crippen LogP contribution in [0.4, 0.5) is 5.95 Å². The van der Waals surface area contributed by atoms with Gasteiger partial charge >= 0.3 is 0 Å². The number of aryl methyl sites for hydroxylation is 1. The molecule has 0 aromatic carbocycles. The standard InChI is InChI=1S/C16H24N4O3/c1-12-14(15(22)20-7-8-23-11-13(21)10-20)9-17-16(18-12)19-5-3-2-4-6-19/h9,13,21H,2-8,10-11H2,1H3. The Bertz CT molecular complexity index is 560. The van der Waals surface area contributed by atoms with E-state index in [2.05, 4.69) is 14.9 Å². The van der Waals surface area contributed by atoms with Crippen molar-refractivity contribution in [3.05, 3.63) is 17.5 Å². The quantitative estimate of drug-likeness (QED) is 0.860. The zero-order valence-electron chi connectivity index (χ0n) is 13.6. The number of hydrogen-bond donors (Lipinski definition) is 1. The van der Waals surface area contributed by atoms with Gasteiger partial charge in [-0.05, 0) is 26.2 Å². The predicted octanol–water partition coefficient (Wildman–Crippen LogP) is 0.609. The van der Waals surface area contributed by atoms with E-state index in [1.165, 1.54) is 6.42 Å². The summed E-state index contributed by atoms with van der Waals surface area (Å²) in [6.45, 7) is 5.26. The van der Waals surface area contributed by atoms with Crippen LogP contribution >= 0.6 is 0 Å². The highest BCUT2D eigenvalue weighted by atomic mass is 16.5. The summed E-state index contributed by atoms with van der Waals surface area (Å²) in [6.07, 6.45) is 4.55. The average Bonchev–Trinajstić information content (AvgIpc) is 2.79. The molecular weight excluding hydrogens is 296 g/mol. The van der Waals surface area contributed by atoms with Crippen molar-refractivity contribution in [2.45, 2.75) is 32.3 Å². The molecule has 2 aliphatic rings. The lowest BCUT2D eigenvalue weighted by Gasteiger charge is -2.27. The molecule has 0 radical (unpaired) electrons. The van der Waals surface area contributed by atoms with Crippen LogP contribution in [0.3, 0.4) is 0 Å². The molecule has 126 valence electrons. The van der Waals surface area contributed by atoms with Crippen molar-refractivity contribution >= 4 is 11.9 Å². The number of piperidine rings is 1. The Morgan fingerprint density at radius 2 is 2.09 bits per heavy atom. The molecule has 0 bridgehead atoms. The molecule has 2 fully saturated rings. The van der Waals surface area contributed by atoms with Crippen LogP contribution in [0.2, 0.25) is 0 Å². The van der Waals surface area contributed by atoms with E-state index in [0.29, 0.717) is 30.4 Å². The van der Waals surface area contributed by atoms with E-state index in [0.717, 1.165) is 25.9 Å². The van der Waals surface area contributed by atoms with Crippen LogP contribution in [-0.2, 0) is 4.74 Å². The number of carbonyl (C=O) groups is 1. The number of nitrogens with zero attached hydrogens (tertiary/aromatic N) is 4. The normalized spacial score (nSPS) is 22.8. The molecule has 7 heteroatoms. The van der Waals surface area contributed by atoms with Crippen LogP contribution in [0.1, 0.15) is 35.3 Å². The number of amides is 1. The van der Waals surface area contributed by atoms with Crippen LogP contribution in [0, 0.1) is 6.92 Å². The summed E-state index contributed by atoms with van der Waals surface area (Å²) in [4.78, 5) is 25.4. The Hall–Kier alpha value is -1.73. The van der Waals surface area contributed by atoms with Crippen molar-refractivity contribution in [3.8, 4) is 0 Å². The molecule has 0 aliphatic carbocycles. The fourth-order valence-electron chi connectivity index (χ4n) is 3.06. The highest BCUT2D eigenvalue weighted by molar-refractivity contribution is 5.95. The third-order valence-electron chi connectivity index (χ3n) is 4.37. The molecule has 23 heavy (non-hydrogen) atoms. The molecule has 3 heterocycles. The fraction of sp³-hybridized carbons (Fsp3) is 0.688. The SMILES string of the molecule is Cc1nc(N2CCCCC2)ncc1C(=O)N1CCOCC(O)C1. The number of aliphatic hydroxyl groups is 1. The molecule has 1 atom stereocenters. The highest BCUT2D eigenvalue weighted by Gasteiger charge is 2.24. The number of β-amino-alcohol motifs (C(OH)–C–C–N with tert-alkyl or cyclic N) is 1. The third kappa shape index (κ3) is 3.79. The largest absolute Gasteiger partial charge is 0.389 e. The van der Waals surface area contributed by atoms with Crippen molar-refractivity contribution in [3.63, 3.8) is 0 Å². The Balaban J connectivity index is 1.75. The van der Waals surface area contributed by atoms with Gasteiger partial charge in [-0.2, -0.15) is 0 Å². The topological polar surface area (TPSA) is 78.8 Å². The molecule has 2 saturated heterocycles. The van der Waals surface area contributed by atoms with Crippen molar-refractivity contribution in [1.29, 1.82) is 0 Å². The number of anilines is 1. The molecular formula is C16H24N4O3. The smallest absolute Gasteiger partial charge is 0.257 e. The Morgan fingerprint density at radius 3 is 2.83 bits per heavy atom. The number of ether oxygens (including phenoxy) is 1. The predicted molar refractivity (Wildman–Crippen MR) is 85.6 cm³/mol. The maximum absolute atomic E-state index is 12.7. The third-order valence-corrected chi connectivity index (χ3v) is 4.37. The summed E-state index contributed by atoms with van der Waals surface area (Å²) in [7, 11) is 0. The zero-order chi connectivity index (χ0) is 16.2. The van der Waals surface area contributed by atoms with Gasteiger partial charge in [0.15, 0.2) is 0 Å². The van der Waals surface area contributed by atoms with Crippen molar-refractivity contribution in [1.82, 2.24) is 14.9 Å². The van der Waals surface area contributed by atoms with Crippen LogP contribution in [0.25, 0.3) is 0 Å². The van der Waals surface area contributed by atoms with Crippen LogP contribution in [-0.4, -0.2) is 71.4 Å². The monoisotopic (exact) mass is 320 g/mol. The van der Waals surface area contributed by atoms with Gasteiger partial charge in [-0.1, -0.05) is 0 Å². The summed E-state index contributed by atoms with van der Waals surface area (Å²) in [5, 5.41) is 9.78. The first kappa shape index (κ1) is 16.1. The van der Waals surface area contributed by atoms with Crippen molar-refractivity contribution in [2.75, 3.05) is 44.3 Å². The maximum Gasteiger partial charge on any atom is 0.257 e. The van der Waals surface area contributed by atoms with Crippen molar-refractivity contribution < 1.29 is 14.6 Å². The number of rotatable bonds is 2. The molecule has 0 spiro atoms. The number of aliphatic hydroxyl groups excluding tert-OH is 1. The van der Waals surface area contributed by atoms with E-state index < -0.39 is 6.10 Å². The Morgan fingerprint density at radius 1 is 1.30 bits per heavy atom. The second-order valence-electron chi connectivity index (χ2n) is 6.20. The van der Waals surface area contributed by atoms with Crippen molar-refractivity contribution in [2.24, 2.45) is 0 Å². The fourth-order valence-corrected chi connectivity index (χ4v) is 3.06. The summed E-state index contributed by atoms with van der Waals surface area (Å²) in [5.74, 6) is 0.565. The zero-order valence-corrected chi connectivity index (χ0v) is 13.6. The summed E-state index contributed by atoms with van der Waals surface area (Å²) < 4.78 is 5.27. The van der Waals surface area contributed by atoms with Gasteiger partial charge in [0.1, 0.15) is 0 Å². The minimum absolute atomic E-state index is 0.141. The van der Waals surface area contributed by atoms with Crippen LogP contribution in [0.15, 0.2) is 6.20 Å². The molecule has 2 aliphatic heterocycles.